The minimum absolute atomic E-state index is 0. The average molecular weight is 484 g/mol. The lowest BCUT2D eigenvalue weighted by atomic mass is 10.1. The molecule has 0 unspecified atom stereocenters. The lowest BCUT2D eigenvalue weighted by Crippen LogP contribution is -2.41. The van der Waals surface area contributed by atoms with E-state index < -0.39 is 0 Å². The standard InChI is InChI=1S/C20H25FN4O.HI/c1-14-6-4-5-7-17(14)13-25-20(22-3)24-11-10-23-19(26)16-9-8-15(2)18(21)12-16;/h4-9,12H,10-11,13H2,1-3H3,(H,23,26)(H2,22,24,25);1H. The summed E-state index contributed by atoms with van der Waals surface area (Å²) in [7, 11) is 1.70. The number of nitrogens with one attached hydrogen (secondary N) is 3. The van der Waals surface area contributed by atoms with Gasteiger partial charge in [0.15, 0.2) is 5.96 Å². The van der Waals surface area contributed by atoms with Crippen LogP contribution < -0.4 is 16.0 Å². The topological polar surface area (TPSA) is 65.5 Å². The van der Waals surface area contributed by atoms with E-state index in [1.807, 2.05) is 12.1 Å². The van der Waals surface area contributed by atoms with E-state index in [0.29, 0.717) is 36.7 Å². The molecule has 0 spiro atoms. The predicted molar refractivity (Wildman–Crippen MR) is 118 cm³/mol. The summed E-state index contributed by atoms with van der Waals surface area (Å²) in [6.07, 6.45) is 0. The van der Waals surface area contributed by atoms with Crippen LogP contribution in [0.1, 0.15) is 27.0 Å². The first-order chi connectivity index (χ1) is 12.5. The zero-order chi connectivity index (χ0) is 18.9. The van der Waals surface area contributed by atoms with Crippen LogP contribution in [0.15, 0.2) is 47.5 Å². The van der Waals surface area contributed by atoms with Crippen molar-refractivity contribution in [1.29, 1.82) is 0 Å². The van der Waals surface area contributed by atoms with Crippen LogP contribution in [0.5, 0.6) is 0 Å². The van der Waals surface area contributed by atoms with Gasteiger partial charge < -0.3 is 16.0 Å². The second kappa shape index (κ2) is 11.5. The average Bonchev–Trinajstić information content (AvgIpc) is 2.64. The molecule has 2 aromatic rings. The van der Waals surface area contributed by atoms with Gasteiger partial charge in [-0.1, -0.05) is 30.3 Å². The highest BCUT2D eigenvalue weighted by atomic mass is 127. The Labute approximate surface area is 176 Å². The van der Waals surface area contributed by atoms with Crippen LogP contribution in [0.2, 0.25) is 0 Å². The molecule has 0 aliphatic rings. The van der Waals surface area contributed by atoms with Crippen LogP contribution in [0.3, 0.4) is 0 Å². The van der Waals surface area contributed by atoms with Gasteiger partial charge in [0.05, 0.1) is 0 Å². The fourth-order valence-corrected chi connectivity index (χ4v) is 2.40. The van der Waals surface area contributed by atoms with E-state index in [0.717, 1.165) is 0 Å². The maximum absolute atomic E-state index is 13.5. The Morgan fingerprint density at radius 3 is 2.37 bits per heavy atom. The zero-order valence-corrected chi connectivity index (χ0v) is 18.1. The fourth-order valence-electron chi connectivity index (χ4n) is 2.40. The monoisotopic (exact) mass is 484 g/mol. The van der Waals surface area contributed by atoms with E-state index in [1.165, 1.54) is 17.2 Å². The van der Waals surface area contributed by atoms with Crippen molar-refractivity contribution < 1.29 is 9.18 Å². The highest BCUT2D eigenvalue weighted by Gasteiger charge is 2.07. The molecular formula is C20H26FIN4O. The fraction of sp³-hybridized carbons (Fsp3) is 0.300. The summed E-state index contributed by atoms with van der Waals surface area (Å²) in [4.78, 5) is 16.2. The van der Waals surface area contributed by atoms with Gasteiger partial charge in [0.25, 0.3) is 5.91 Å². The number of amides is 1. The molecule has 1 amide bonds. The highest BCUT2D eigenvalue weighted by Crippen LogP contribution is 2.09. The van der Waals surface area contributed by atoms with Crippen molar-refractivity contribution in [2.45, 2.75) is 20.4 Å². The van der Waals surface area contributed by atoms with E-state index in [-0.39, 0.29) is 35.7 Å². The number of halogens is 2. The van der Waals surface area contributed by atoms with Crippen LogP contribution in [-0.2, 0) is 6.54 Å². The van der Waals surface area contributed by atoms with Crippen LogP contribution in [0, 0.1) is 19.7 Å². The number of aliphatic imine (C=N–C) groups is 1. The van der Waals surface area contributed by atoms with E-state index in [2.05, 4.69) is 40.0 Å². The Morgan fingerprint density at radius 1 is 1.00 bits per heavy atom. The zero-order valence-electron chi connectivity index (χ0n) is 15.8. The Balaban J connectivity index is 0.00000364. The summed E-state index contributed by atoms with van der Waals surface area (Å²) in [5, 5.41) is 9.13. The van der Waals surface area contributed by atoms with Gasteiger partial charge in [0.1, 0.15) is 5.82 Å². The molecule has 7 heteroatoms. The van der Waals surface area contributed by atoms with Crippen molar-refractivity contribution in [2.75, 3.05) is 20.1 Å². The molecule has 0 fully saturated rings. The first-order valence-electron chi connectivity index (χ1n) is 8.54. The summed E-state index contributed by atoms with van der Waals surface area (Å²) in [5.41, 5.74) is 3.25. The molecule has 0 heterocycles. The molecular weight excluding hydrogens is 458 g/mol. The predicted octanol–water partition coefficient (Wildman–Crippen LogP) is 3.16. The maximum Gasteiger partial charge on any atom is 0.251 e. The number of aryl methyl sites for hydroxylation is 2. The van der Waals surface area contributed by atoms with Crippen molar-refractivity contribution >= 4 is 35.8 Å². The first-order valence-corrected chi connectivity index (χ1v) is 8.54. The first kappa shape index (κ1) is 22.9. The van der Waals surface area contributed by atoms with E-state index in [1.54, 1.807) is 26.1 Å². The SMILES string of the molecule is CN=C(NCCNC(=O)c1ccc(C)c(F)c1)NCc1ccccc1C.I. The number of carbonyl (C=O) groups is 1. The van der Waals surface area contributed by atoms with Crippen molar-refractivity contribution in [1.82, 2.24) is 16.0 Å². The molecule has 0 aromatic heterocycles. The van der Waals surface area contributed by atoms with Crippen LogP contribution in [0.4, 0.5) is 4.39 Å². The van der Waals surface area contributed by atoms with Gasteiger partial charge in [-0.15, -0.1) is 24.0 Å². The smallest absolute Gasteiger partial charge is 0.251 e. The van der Waals surface area contributed by atoms with Gasteiger partial charge in [-0.3, -0.25) is 9.79 Å². The van der Waals surface area contributed by atoms with Gasteiger partial charge in [-0.2, -0.15) is 0 Å². The van der Waals surface area contributed by atoms with Gasteiger partial charge in [-0.05, 0) is 42.7 Å². The lowest BCUT2D eigenvalue weighted by Gasteiger charge is -2.13. The summed E-state index contributed by atoms with van der Waals surface area (Å²) in [6.45, 7) is 5.31. The summed E-state index contributed by atoms with van der Waals surface area (Å²) in [5.74, 6) is -0.0194. The van der Waals surface area contributed by atoms with Gasteiger partial charge in [0.2, 0.25) is 0 Å². The number of hydrogen-bond acceptors (Lipinski definition) is 2. The third-order valence-corrected chi connectivity index (χ3v) is 4.07. The van der Waals surface area contributed by atoms with Crippen LogP contribution >= 0.6 is 24.0 Å². The minimum Gasteiger partial charge on any atom is -0.355 e. The molecule has 0 bridgehead atoms. The number of benzene rings is 2. The van der Waals surface area contributed by atoms with Gasteiger partial charge >= 0.3 is 0 Å². The Bertz CT molecular complexity index is 795. The molecule has 3 N–H and O–H groups in total. The summed E-state index contributed by atoms with van der Waals surface area (Å²) in [6, 6.07) is 12.6. The normalized spacial score (nSPS) is 10.7. The Morgan fingerprint density at radius 2 is 1.70 bits per heavy atom. The molecule has 0 saturated heterocycles. The molecule has 0 aliphatic carbocycles. The largest absolute Gasteiger partial charge is 0.355 e. The Kier molecular flexibility index (Phi) is 9.77. The number of rotatable bonds is 6. The molecule has 5 nitrogen and oxygen atoms in total. The van der Waals surface area contributed by atoms with Crippen molar-refractivity contribution in [3.63, 3.8) is 0 Å². The molecule has 0 atom stereocenters. The minimum atomic E-state index is -0.378. The molecule has 2 aromatic carbocycles. The quantitative estimate of drug-likeness (QED) is 0.256. The van der Waals surface area contributed by atoms with E-state index in [4.69, 9.17) is 0 Å². The van der Waals surface area contributed by atoms with E-state index in [9.17, 15) is 9.18 Å². The molecule has 2 rings (SSSR count). The molecule has 0 saturated carbocycles. The van der Waals surface area contributed by atoms with Crippen LogP contribution in [-0.4, -0.2) is 32.0 Å². The number of hydrogen-bond donors (Lipinski definition) is 3. The van der Waals surface area contributed by atoms with Crippen molar-refractivity contribution in [2.24, 2.45) is 4.99 Å². The maximum atomic E-state index is 13.5. The molecule has 27 heavy (non-hydrogen) atoms. The lowest BCUT2D eigenvalue weighted by molar-refractivity contribution is 0.0954. The van der Waals surface area contributed by atoms with Gasteiger partial charge in [-0.25, -0.2) is 4.39 Å². The second-order valence-corrected chi connectivity index (χ2v) is 6.00. The third kappa shape index (κ3) is 7.16. The molecule has 0 radical (unpaired) electrons. The molecule has 146 valence electrons. The number of carbonyl (C=O) groups excluding carboxylic acids is 1. The number of guanidine groups is 1. The summed E-state index contributed by atoms with van der Waals surface area (Å²) < 4.78 is 13.5. The third-order valence-electron chi connectivity index (χ3n) is 4.07. The molecule has 0 aliphatic heterocycles. The van der Waals surface area contributed by atoms with Crippen molar-refractivity contribution in [3.05, 3.63) is 70.5 Å². The van der Waals surface area contributed by atoms with Crippen molar-refractivity contribution in [3.8, 4) is 0 Å². The summed E-state index contributed by atoms with van der Waals surface area (Å²) >= 11 is 0. The van der Waals surface area contributed by atoms with E-state index >= 15 is 0 Å². The highest BCUT2D eigenvalue weighted by molar-refractivity contribution is 14.0. The second-order valence-electron chi connectivity index (χ2n) is 6.00. The Hall–Kier alpha value is -2.16. The van der Waals surface area contributed by atoms with Crippen LogP contribution in [0.25, 0.3) is 0 Å². The number of nitrogens with zero attached hydrogens (tertiary/aromatic N) is 1. The van der Waals surface area contributed by atoms with Gasteiger partial charge in [0, 0.05) is 32.2 Å².